The van der Waals surface area contributed by atoms with Gasteiger partial charge in [0.25, 0.3) is 5.22 Å². The van der Waals surface area contributed by atoms with E-state index in [0.717, 1.165) is 30.9 Å². The summed E-state index contributed by atoms with van der Waals surface area (Å²) in [7, 11) is 0. The molecule has 4 nitrogen and oxygen atoms in total. The van der Waals surface area contributed by atoms with Crippen molar-refractivity contribution >= 4 is 11.8 Å². The minimum absolute atomic E-state index is 0.289. The number of thioether (sulfide) groups is 1. The lowest BCUT2D eigenvalue weighted by molar-refractivity contribution is 0.284. The Balaban J connectivity index is 1.72. The number of aromatic nitrogens is 2. The topological polar surface area (TPSA) is 59.2 Å². The molecule has 1 aromatic heterocycles. The molecule has 0 bridgehead atoms. The molecule has 0 aromatic carbocycles. The maximum atomic E-state index is 8.68. The van der Waals surface area contributed by atoms with Gasteiger partial charge in [-0.15, -0.1) is 10.2 Å². The Morgan fingerprint density at radius 1 is 1.11 bits per heavy atom. The minimum Gasteiger partial charge on any atom is -0.416 e. The molecule has 1 aliphatic rings. The summed E-state index contributed by atoms with van der Waals surface area (Å²) in [4.78, 5) is 0. The quantitative estimate of drug-likeness (QED) is 0.608. The molecule has 2 rings (SSSR count). The smallest absolute Gasteiger partial charge is 0.276 e. The molecule has 0 unspecified atom stereocenters. The van der Waals surface area contributed by atoms with Crippen molar-refractivity contribution in [3.8, 4) is 0 Å². The second-order valence-corrected chi connectivity index (χ2v) is 5.92. The van der Waals surface area contributed by atoms with E-state index in [1.54, 1.807) is 11.8 Å². The van der Waals surface area contributed by atoms with Gasteiger partial charge in [0.15, 0.2) is 0 Å². The van der Waals surface area contributed by atoms with Gasteiger partial charge in [-0.2, -0.15) is 0 Å². The lowest BCUT2D eigenvalue weighted by Crippen LogP contribution is -2.04. The van der Waals surface area contributed by atoms with Crippen LogP contribution in [0, 0.1) is 0 Å². The van der Waals surface area contributed by atoms with E-state index >= 15 is 0 Å². The van der Waals surface area contributed by atoms with Gasteiger partial charge >= 0.3 is 0 Å². The zero-order chi connectivity index (χ0) is 12.6. The summed E-state index contributed by atoms with van der Waals surface area (Å²) >= 11 is 1.63. The molecule has 5 heteroatoms. The Kier molecular flexibility index (Phi) is 6.00. The Morgan fingerprint density at radius 3 is 2.72 bits per heavy atom. The van der Waals surface area contributed by atoms with E-state index in [0.29, 0.717) is 11.1 Å². The standard InChI is InChI=1S/C13H22N2O2S/c16-9-5-2-6-10-18-13-15-14-12(17-13)11-7-3-1-4-8-11/h11,16H,1-10H2. The summed E-state index contributed by atoms with van der Waals surface area (Å²) in [5, 5.41) is 17.7. The lowest BCUT2D eigenvalue weighted by atomic mass is 9.89. The van der Waals surface area contributed by atoms with E-state index in [1.807, 2.05) is 0 Å². The number of unbranched alkanes of at least 4 members (excludes halogenated alkanes) is 2. The first kappa shape index (κ1) is 13.9. The molecule has 0 spiro atoms. The number of aliphatic hydroxyl groups excluding tert-OH is 1. The molecule has 0 aliphatic heterocycles. The van der Waals surface area contributed by atoms with Crippen LogP contribution >= 0.6 is 11.8 Å². The fourth-order valence-electron chi connectivity index (χ4n) is 2.34. The van der Waals surface area contributed by atoms with Crippen molar-refractivity contribution in [2.24, 2.45) is 0 Å². The molecule has 1 fully saturated rings. The molecular weight excluding hydrogens is 248 g/mol. The summed E-state index contributed by atoms with van der Waals surface area (Å²) in [6, 6.07) is 0. The van der Waals surface area contributed by atoms with Crippen LogP contribution in [0.3, 0.4) is 0 Å². The number of nitrogens with zero attached hydrogens (tertiary/aromatic N) is 2. The predicted molar refractivity (Wildman–Crippen MR) is 71.8 cm³/mol. The van der Waals surface area contributed by atoms with Gasteiger partial charge in [-0.1, -0.05) is 37.4 Å². The fourth-order valence-corrected chi connectivity index (χ4v) is 3.11. The second kappa shape index (κ2) is 7.79. The van der Waals surface area contributed by atoms with Gasteiger partial charge in [0.2, 0.25) is 5.89 Å². The Labute approximate surface area is 113 Å². The highest BCUT2D eigenvalue weighted by molar-refractivity contribution is 7.99. The SMILES string of the molecule is OCCCCCSc1nnc(C2CCCCC2)o1. The van der Waals surface area contributed by atoms with Crippen LogP contribution in [0.2, 0.25) is 0 Å². The normalized spacial score (nSPS) is 17.2. The van der Waals surface area contributed by atoms with Crippen molar-refractivity contribution in [1.82, 2.24) is 10.2 Å². The Bertz CT molecular complexity index is 337. The molecule has 102 valence electrons. The first-order chi connectivity index (χ1) is 8.90. The van der Waals surface area contributed by atoms with Gasteiger partial charge in [-0.05, 0) is 25.7 Å². The zero-order valence-corrected chi connectivity index (χ0v) is 11.6. The fraction of sp³-hybridized carbons (Fsp3) is 0.846. The van der Waals surface area contributed by atoms with Gasteiger partial charge in [-0.25, -0.2) is 0 Å². The second-order valence-electron chi connectivity index (χ2n) is 4.87. The molecule has 1 heterocycles. The van der Waals surface area contributed by atoms with Crippen LogP contribution in [0.15, 0.2) is 9.64 Å². The third-order valence-electron chi connectivity index (χ3n) is 3.40. The van der Waals surface area contributed by atoms with Crippen molar-refractivity contribution in [2.45, 2.75) is 62.5 Å². The van der Waals surface area contributed by atoms with E-state index in [4.69, 9.17) is 9.52 Å². The van der Waals surface area contributed by atoms with Gasteiger partial charge in [0, 0.05) is 18.3 Å². The highest BCUT2D eigenvalue weighted by Crippen LogP contribution is 2.32. The minimum atomic E-state index is 0.289. The molecule has 1 aromatic rings. The maximum Gasteiger partial charge on any atom is 0.276 e. The third-order valence-corrected chi connectivity index (χ3v) is 4.31. The monoisotopic (exact) mass is 270 g/mol. The van der Waals surface area contributed by atoms with Crippen LogP contribution in [0.1, 0.15) is 63.2 Å². The Hall–Kier alpha value is -0.550. The number of hydrogen-bond donors (Lipinski definition) is 1. The first-order valence-corrected chi connectivity index (χ1v) is 7.96. The summed E-state index contributed by atoms with van der Waals surface area (Å²) in [6.45, 7) is 0.289. The van der Waals surface area contributed by atoms with Crippen molar-refractivity contribution in [1.29, 1.82) is 0 Å². The summed E-state index contributed by atoms with van der Waals surface area (Å²) in [6.07, 6.45) is 9.35. The van der Waals surface area contributed by atoms with E-state index in [-0.39, 0.29) is 6.61 Å². The summed E-state index contributed by atoms with van der Waals surface area (Å²) < 4.78 is 5.72. The van der Waals surface area contributed by atoms with E-state index in [9.17, 15) is 0 Å². The van der Waals surface area contributed by atoms with E-state index in [1.165, 1.54) is 32.1 Å². The number of aliphatic hydroxyl groups is 1. The van der Waals surface area contributed by atoms with Crippen LogP contribution in [0.4, 0.5) is 0 Å². The molecule has 18 heavy (non-hydrogen) atoms. The third kappa shape index (κ3) is 4.28. The average Bonchev–Trinajstić information content (AvgIpc) is 2.88. The number of rotatable bonds is 7. The molecular formula is C13H22N2O2S. The lowest BCUT2D eigenvalue weighted by Gasteiger charge is -2.17. The van der Waals surface area contributed by atoms with Gasteiger partial charge < -0.3 is 9.52 Å². The molecule has 1 aliphatic carbocycles. The van der Waals surface area contributed by atoms with Gasteiger partial charge in [0.05, 0.1) is 0 Å². The highest BCUT2D eigenvalue weighted by atomic mass is 32.2. The van der Waals surface area contributed by atoms with Crippen LogP contribution in [0.25, 0.3) is 0 Å². The molecule has 1 N–H and O–H groups in total. The Morgan fingerprint density at radius 2 is 1.94 bits per heavy atom. The van der Waals surface area contributed by atoms with Crippen molar-refractivity contribution < 1.29 is 9.52 Å². The summed E-state index contributed by atoms with van der Waals surface area (Å²) in [5.74, 6) is 2.33. The van der Waals surface area contributed by atoms with Gasteiger partial charge in [0.1, 0.15) is 0 Å². The van der Waals surface area contributed by atoms with Crippen LogP contribution in [-0.4, -0.2) is 27.7 Å². The van der Waals surface area contributed by atoms with Crippen molar-refractivity contribution in [3.63, 3.8) is 0 Å². The first-order valence-electron chi connectivity index (χ1n) is 6.97. The molecule has 0 amide bonds. The molecule has 1 saturated carbocycles. The maximum absolute atomic E-state index is 8.68. The summed E-state index contributed by atoms with van der Waals surface area (Å²) in [5.41, 5.74) is 0. The van der Waals surface area contributed by atoms with E-state index < -0.39 is 0 Å². The highest BCUT2D eigenvalue weighted by Gasteiger charge is 2.21. The van der Waals surface area contributed by atoms with Gasteiger partial charge in [-0.3, -0.25) is 0 Å². The van der Waals surface area contributed by atoms with Crippen LogP contribution in [0.5, 0.6) is 0 Å². The molecule has 0 saturated heterocycles. The van der Waals surface area contributed by atoms with Crippen molar-refractivity contribution in [2.75, 3.05) is 12.4 Å². The van der Waals surface area contributed by atoms with Crippen molar-refractivity contribution in [3.05, 3.63) is 5.89 Å². The molecule has 0 radical (unpaired) electrons. The number of hydrogen-bond acceptors (Lipinski definition) is 5. The van der Waals surface area contributed by atoms with E-state index in [2.05, 4.69) is 10.2 Å². The molecule has 0 atom stereocenters. The van der Waals surface area contributed by atoms with Crippen LogP contribution in [-0.2, 0) is 0 Å². The average molecular weight is 270 g/mol. The zero-order valence-electron chi connectivity index (χ0n) is 10.8. The van der Waals surface area contributed by atoms with Crippen LogP contribution < -0.4 is 0 Å². The predicted octanol–water partition coefficient (Wildman–Crippen LogP) is 3.37. The largest absolute Gasteiger partial charge is 0.416 e.